The summed E-state index contributed by atoms with van der Waals surface area (Å²) in [6, 6.07) is 12.7. The number of amides is 1. The van der Waals surface area contributed by atoms with Crippen LogP contribution >= 0.6 is 0 Å². The minimum absolute atomic E-state index is 0.122. The summed E-state index contributed by atoms with van der Waals surface area (Å²) < 4.78 is 0. The van der Waals surface area contributed by atoms with Gasteiger partial charge in [-0.05, 0) is 37.1 Å². The molecule has 6 nitrogen and oxygen atoms in total. The zero-order valence-electron chi connectivity index (χ0n) is 12.5. The zero-order chi connectivity index (χ0) is 15.8. The van der Waals surface area contributed by atoms with Gasteiger partial charge in [0.15, 0.2) is 5.69 Å². The summed E-state index contributed by atoms with van der Waals surface area (Å²) in [6.45, 7) is 2.15. The third-order valence-electron chi connectivity index (χ3n) is 3.25. The van der Waals surface area contributed by atoms with E-state index in [1.165, 1.54) is 0 Å². The van der Waals surface area contributed by atoms with Crippen LogP contribution in [0.2, 0.25) is 0 Å². The number of hydrogen-bond donors (Lipinski definition) is 3. The Labute approximate surface area is 129 Å². The minimum atomic E-state index is -0.298. The number of aromatic nitrogens is 2. The quantitative estimate of drug-likeness (QED) is 0.730. The number of para-hydroxylation sites is 1. The van der Waals surface area contributed by atoms with E-state index in [9.17, 15) is 4.79 Å². The Hall–Kier alpha value is -2.47. The van der Waals surface area contributed by atoms with Gasteiger partial charge in [0, 0.05) is 18.3 Å². The van der Waals surface area contributed by atoms with E-state index in [0.717, 1.165) is 6.42 Å². The summed E-state index contributed by atoms with van der Waals surface area (Å²) in [5, 5.41) is 22.9. The van der Waals surface area contributed by atoms with Crippen molar-refractivity contribution in [3.8, 4) is 0 Å². The third-order valence-corrected chi connectivity index (χ3v) is 3.25. The number of benzene rings is 1. The second-order valence-electron chi connectivity index (χ2n) is 4.89. The largest absolute Gasteiger partial charge is 0.396 e. The number of nitrogens with one attached hydrogen (secondary N) is 2. The molecule has 22 heavy (non-hydrogen) atoms. The topological polar surface area (TPSA) is 87.1 Å². The molecule has 0 fully saturated rings. The number of aliphatic hydroxyl groups is 1. The highest BCUT2D eigenvalue weighted by Gasteiger charge is 2.10. The second kappa shape index (κ2) is 8.09. The number of rotatable bonds is 7. The fraction of sp³-hybridized carbons (Fsp3) is 0.312. The summed E-state index contributed by atoms with van der Waals surface area (Å²) in [4.78, 5) is 12.0. The van der Waals surface area contributed by atoms with Crippen molar-refractivity contribution >= 4 is 17.4 Å². The SMILES string of the molecule is CCC(CCO)Nc1ccc(C(=O)Nc2ccccc2)nn1. The predicted octanol–water partition coefficient (Wildman–Crippen LogP) is 2.30. The Morgan fingerprint density at radius 2 is 1.95 bits per heavy atom. The Morgan fingerprint density at radius 1 is 1.18 bits per heavy atom. The number of nitrogens with zero attached hydrogens (tertiary/aromatic N) is 2. The van der Waals surface area contributed by atoms with Gasteiger partial charge in [-0.15, -0.1) is 10.2 Å². The van der Waals surface area contributed by atoms with Crippen LogP contribution in [0.3, 0.4) is 0 Å². The lowest BCUT2D eigenvalue weighted by Crippen LogP contribution is -2.21. The lowest BCUT2D eigenvalue weighted by molar-refractivity contribution is 0.102. The zero-order valence-corrected chi connectivity index (χ0v) is 12.5. The molecule has 116 valence electrons. The van der Waals surface area contributed by atoms with Gasteiger partial charge in [-0.25, -0.2) is 0 Å². The van der Waals surface area contributed by atoms with Crippen LogP contribution in [-0.4, -0.2) is 33.9 Å². The van der Waals surface area contributed by atoms with Gasteiger partial charge in [0.2, 0.25) is 0 Å². The first-order chi connectivity index (χ1) is 10.7. The van der Waals surface area contributed by atoms with Crippen LogP contribution in [0.1, 0.15) is 30.3 Å². The van der Waals surface area contributed by atoms with Crippen molar-refractivity contribution in [3.63, 3.8) is 0 Å². The molecule has 3 N–H and O–H groups in total. The second-order valence-corrected chi connectivity index (χ2v) is 4.89. The summed E-state index contributed by atoms with van der Waals surface area (Å²) in [5.41, 5.74) is 0.968. The molecule has 1 amide bonds. The molecule has 1 heterocycles. The molecule has 0 bridgehead atoms. The van der Waals surface area contributed by atoms with Crippen molar-refractivity contribution in [2.24, 2.45) is 0 Å². The molecule has 1 unspecified atom stereocenters. The molecule has 0 aliphatic rings. The average molecular weight is 300 g/mol. The van der Waals surface area contributed by atoms with Crippen molar-refractivity contribution in [2.75, 3.05) is 17.2 Å². The summed E-state index contributed by atoms with van der Waals surface area (Å²) in [6.07, 6.45) is 1.52. The first-order valence-electron chi connectivity index (χ1n) is 7.30. The van der Waals surface area contributed by atoms with Gasteiger partial charge in [0.1, 0.15) is 5.82 Å². The Bertz CT molecular complexity index is 587. The number of anilines is 2. The third kappa shape index (κ3) is 4.53. The highest BCUT2D eigenvalue weighted by Crippen LogP contribution is 2.10. The highest BCUT2D eigenvalue weighted by molar-refractivity contribution is 6.02. The van der Waals surface area contributed by atoms with E-state index in [0.29, 0.717) is 17.9 Å². The van der Waals surface area contributed by atoms with E-state index in [1.807, 2.05) is 37.3 Å². The Balaban J connectivity index is 1.97. The molecule has 2 rings (SSSR count). The molecule has 6 heteroatoms. The fourth-order valence-electron chi connectivity index (χ4n) is 1.99. The van der Waals surface area contributed by atoms with Crippen LogP contribution in [0, 0.1) is 0 Å². The van der Waals surface area contributed by atoms with Crippen LogP contribution in [0.4, 0.5) is 11.5 Å². The molecule has 1 atom stereocenters. The lowest BCUT2D eigenvalue weighted by Gasteiger charge is -2.15. The molecular weight excluding hydrogens is 280 g/mol. The summed E-state index contributed by atoms with van der Waals surface area (Å²) in [7, 11) is 0. The maximum absolute atomic E-state index is 12.0. The van der Waals surface area contributed by atoms with E-state index < -0.39 is 0 Å². The van der Waals surface area contributed by atoms with E-state index in [1.54, 1.807) is 12.1 Å². The first-order valence-corrected chi connectivity index (χ1v) is 7.30. The first kappa shape index (κ1) is 15.9. The van der Waals surface area contributed by atoms with E-state index in [-0.39, 0.29) is 24.2 Å². The molecule has 0 aliphatic carbocycles. The normalized spacial score (nSPS) is 11.7. The number of carbonyl (C=O) groups is 1. The smallest absolute Gasteiger partial charge is 0.276 e. The molecule has 2 aromatic rings. The maximum Gasteiger partial charge on any atom is 0.276 e. The van der Waals surface area contributed by atoms with Crippen LogP contribution in [0.25, 0.3) is 0 Å². The molecule has 1 aromatic carbocycles. The minimum Gasteiger partial charge on any atom is -0.396 e. The van der Waals surface area contributed by atoms with Crippen molar-refractivity contribution in [1.29, 1.82) is 0 Å². The molecular formula is C16H20N4O2. The van der Waals surface area contributed by atoms with Gasteiger partial charge in [-0.1, -0.05) is 25.1 Å². The predicted molar refractivity (Wildman–Crippen MR) is 85.8 cm³/mol. The van der Waals surface area contributed by atoms with Crippen LogP contribution in [0.5, 0.6) is 0 Å². The van der Waals surface area contributed by atoms with Gasteiger partial charge < -0.3 is 15.7 Å². The molecule has 1 aromatic heterocycles. The molecule has 0 radical (unpaired) electrons. The average Bonchev–Trinajstić information content (AvgIpc) is 2.56. The number of aliphatic hydroxyl groups excluding tert-OH is 1. The van der Waals surface area contributed by atoms with Crippen molar-refractivity contribution in [1.82, 2.24) is 10.2 Å². The van der Waals surface area contributed by atoms with Crippen molar-refractivity contribution in [3.05, 3.63) is 48.2 Å². The monoisotopic (exact) mass is 300 g/mol. The molecule has 0 saturated carbocycles. The van der Waals surface area contributed by atoms with E-state index in [2.05, 4.69) is 20.8 Å². The molecule has 0 saturated heterocycles. The standard InChI is InChI=1S/C16H20N4O2/c1-2-12(10-11-21)17-15-9-8-14(19-20-15)16(22)18-13-6-4-3-5-7-13/h3-9,12,21H,2,10-11H2,1H3,(H,17,20)(H,18,22). The molecule has 0 aliphatic heterocycles. The maximum atomic E-state index is 12.0. The fourth-order valence-corrected chi connectivity index (χ4v) is 1.99. The molecule has 0 spiro atoms. The Morgan fingerprint density at radius 3 is 2.55 bits per heavy atom. The van der Waals surface area contributed by atoms with Crippen molar-refractivity contribution < 1.29 is 9.90 Å². The van der Waals surface area contributed by atoms with Crippen molar-refractivity contribution in [2.45, 2.75) is 25.8 Å². The van der Waals surface area contributed by atoms with E-state index >= 15 is 0 Å². The van der Waals surface area contributed by atoms with Gasteiger partial charge in [-0.3, -0.25) is 4.79 Å². The number of hydrogen-bond acceptors (Lipinski definition) is 5. The van der Waals surface area contributed by atoms with Crippen LogP contribution in [0.15, 0.2) is 42.5 Å². The van der Waals surface area contributed by atoms with Gasteiger partial charge in [0.05, 0.1) is 0 Å². The lowest BCUT2D eigenvalue weighted by atomic mass is 10.1. The highest BCUT2D eigenvalue weighted by atomic mass is 16.3. The van der Waals surface area contributed by atoms with Crippen LogP contribution < -0.4 is 10.6 Å². The van der Waals surface area contributed by atoms with Crippen LogP contribution in [-0.2, 0) is 0 Å². The number of carbonyl (C=O) groups excluding carboxylic acids is 1. The summed E-state index contributed by atoms with van der Waals surface area (Å²) >= 11 is 0. The van der Waals surface area contributed by atoms with Gasteiger partial charge >= 0.3 is 0 Å². The Kier molecular flexibility index (Phi) is 5.85. The van der Waals surface area contributed by atoms with E-state index in [4.69, 9.17) is 5.11 Å². The van der Waals surface area contributed by atoms with Gasteiger partial charge in [0.25, 0.3) is 5.91 Å². The van der Waals surface area contributed by atoms with Gasteiger partial charge in [-0.2, -0.15) is 0 Å². The summed E-state index contributed by atoms with van der Waals surface area (Å²) in [5.74, 6) is 0.296.